The highest BCUT2D eigenvalue weighted by atomic mass is 16.4. The molecular weight excluding hydrogens is 220 g/mol. The van der Waals surface area contributed by atoms with E-state index in [-0.39, 0.29) is 18.9 Å². The first-order chi connectivity index (χ1) is 8.13. The number of aromatic nitrogens is 1. The average Bonchev–Trinajstić information content (AvgIpc) is 2.71. The summed E-state index contributed by atoms with van der Waals surface area (Å²) in [6.07, 6.45) is 2.45. The Hall–Kier alpha value is -1.91. The predicted octanol–water partition coefficient (Wildman–Crippen LogP) is 1.08. The number of amides is 1. The van der Waals surface area contributed by atoms with E-state index in [0.717, 1.165) is 12.0 Å². The minimum absolute atomic E-state index is 0.0645. The van der Waals surface area contributed by atoms with E-state index >= 15 is 0 Å². The zero-order valence-corrected chi connectivity index (χ0v) is 9.59. The highest BCUT2D eigenvalue weighted by Crippen LogP contribution is 2.26. The molecule has 1 fully saturated rings. The summed E-state index contributed by atoms with van der Waals surface area (Å²) in [5.41, 5.74) is 0.965. The van der Waals surface area contributed by atoms with Gasteiger partial charge >= 0.3 is 5.97 Å². The fraction of sp³-hybridized carbons (Fsp3) is 0.417. The third kappa shape index (κ3) is 2.13. The van der Waals surface area contributed by atoms with Crippen molar-refractivity contribution in [2.24, 2.45) is 5.92 Å². The molecule has 0 aromatic carbocycles. The van der Waals surface area contributed by atoms with Crippen molar-refractivity contribution in [1.82, 2.24) is 4.98 Å². The number of rotatable bonds is 3. The number of nitrogens with zero attached hydrogens (tertiary/aromatic N) is 2. The Morgan fingerprint density at radius 1 is 1.65 bits per heavy atom. The quantitative estimate of drug-likeness (QED) is 0.849. The standard InChI is InChI=1S/C12H14N2O3/c1-2-8-4-3-5-13-11(8)14-7-9(12(16)17)6-10(14)15/h3-5,9H,2,6-7H2,1H3,(H,16,17). The Labute approximate surface area is 99.1 Å². The van der Waals surface area contributed by atoms with Gasteiger partial charge in [-0.15, -0.1) is 0 Å². The lowest BCUT2D eigenvalue weighted by Crippen LogP contribution is -2.27. The minimum Gasteiger partial charge on any atom is -0.481 e. The van der Waals surface area contributed by atoms with Crippen LogP contribution < -0.4 is 4.90 Å². The largest absolute Gasteiger partial charge is 0.481 e. The number of pyridine rings is 1. The smallest absolute Gasteiger partial charge is 0.308 e. The van der Waals surface area contributed by atoms with E-state index in [9.17, 15) is 9.59 Å². The monoisotopic (exact) mass is 234 g/mol. The van der Waals surface area contributed by atoms with Crippen LogP contribution in [0.1, 0.15) is 18.9 Å². The summed E-state index contributed by atoms with van der Waals surface area (Å²) in [6, 6.07) is 3.72. The van der Waals surface area contributed by atoms with Gasteiger partial charge in [0.05, 0.1) is 5.92 Å². The maximum absolute atomic E-state index is 11.8. The van der Waals surface area contributed by atoms with Crippen LogP contribution in [0.5, 0.6) is 0 Å². The molecule has 2 rings (SSSR count). The molecule has 17 heavy (non-hydrogen) atoms. The minimum atomic E-state index is -0.921. The van der Waals surface area contributed by atoms with Gasteiger partial charge in [-0.25, -0.2) is 4.98 Å². The van der Waals surface area contributed by atoms with Crippen molar-refractivity contribution in [2.75, 3.05) is 11.4 Å². The van der Waals surface area contributed by atoms with E-state index in [0.29, 0.717) is 5.82 Å². The fourth-order valence-electron chi connectivity index (χ4n) is 2.03. The number of hydrogen-bond acceptors (Lipinski definition) is 3. The van der Waals surface area contributed by atoms with Crippen molar-refractivity contribution in [2.45, 2.75) is 19.8 Å². The molecule has 1 atom stereocenters. The van der Waals surface area contributed by atoms with E-state index in [1.54, 1.807) is 6.20 Å². The van der Waals surface area contributed by atoms with Crippen molar-refractivity contribution in [1.29, 1.82) is 0 Å². The van der Waals surface area contributed by atoms with Gasteiger partial charge in [-0.1, -0.05) is 13.0 Å². The third-order valence-electron chi connectivity index (χ3n) is 2.98. The van der Waals surface area contributed by atoms with Crippen LogP contribution in [0.25, 0.3) is 0 Å². The Morgan fingerprint density at radius 2 is 2.41 bits per heavy atom. The van der Waals surface area contributed by atoms with Crippen molar-refractivity contribution < 1.29 is 14.7 Å². The second-order valence-corrected chi connectivity index (χ2v) is 4.08. The Kier molecular flexibility index (Phi) is 3.08. The highest BCUT2D eigenvalue weighted by Gasteiger charge is 2.36. The van der Waals surface area contributed by atoms with Crippen molar-refractivity contribution in [3.8, 4) is 0 Å². The molecular formula is C12H14N2O3. The lowest BCUT2D eigenvalue weighted by atomic mass is 10.1. The van der Waals surface area contributed by atoms with E-state index in [1.165, 1.54) is 4.90 Å². The van der Waals surface area contributed by atoms with Crippen LogP contribution >= 0.6 is 0 Å². The Bertz CT molecular complexity index is 459. The van der Waals surface area contributed by atoms with Gasteiger partial charge in [-0.05, 0) is 18.1 Å². The molecule has 1 aliphatic rings. The van der Waals surface area contributed by atoms with Crippen LogP contribution in [0, 0.1) is 5.92 Å². The van der Waals surface area contributed by atoms with Crippen LogP contribution in [0.3, 0.4) is 0 Å². The molecule has 1 N–H and O–H groups in total. The molecule has 5 nitrogen and oxygen atoms in total. The average molecular weight is 234 g/mol. The lowest BCUT2D eigenvalue weighted by molar-refractivity contribution is -0.141. The van der Waals surface area contributed by atoms with Crippen molar-refractivity contribution in [3.05, 3.63) is 23.9 Å². The number of carbonyl (C=O) groups is 2. The molecule has 2 heterocycles. The number of aliphatic carboxylic acids is 1. The zero-order valence-electron chi connectivity index (χ0n) is 9.59. The second kappa shape index (κ2) is 4.53. The molecule has 0 saturated carbocycles. The number of carboxylic acid groups (broad SMARTS) is 1. The zero-order chi connectivity index (χ0) is 12.4. The fourth-order valence-corrected chi connectivity index (χ4v) is 2.03. The maximum atomic E-state index is 11.8. The molecule has 0 spiro atoms. The van der Waals surface area contributed by atoms with Crippen LogP contribution in [-0.4, -0.2) is 28.5 Å². The number of anilines is 1. The molecule has 0 radical (unpaired) electrons. The summed E-state index contributed by atoms with van der Waals surface area (Å²) in [5.74, 6) is -1.10. The van der Waals surface area contributed by atoms with E-state index in [4.69, 9.17) is 5.11 Å². The third-order valence-corrected chi connectivity index (χ3v) is 2.98. The van der Waals surface area contributed by atoms with Gasteiger partial charge in [-0.3, -0.25) is 14.5 Å². The molecule has 1 amide bonds. The summed E-state index contributed by atoms with van der Waals surface area (Å²) in [4.78, 5) is 28.3. The van der Waals surface area contributed by atoms with Gasteiger partial charge in [0.25, 0.3) is 0 Å². The summed E-state index contributed by atoms with van der Waals surface area (Å²) >= 11 is 0. The molecule has 5 heteroatoms. The molecule has 1 unspecified atom stereocenters. The number of aryl methyl sites for hydroxylation is 1. The number of carboxylic acids is 1. The second-order valence-electron chi connectivity index (χ2n) is 4.08. The maximum Gasteiger partial charge on any atom is 0.308 e. The van der Waals surface area contributed by atoms with Gasteiger partial charge in [-0.2, -0.15) is 0 Å². The first kappa shape index (κ1) is 11.6. The SMILES string of the molecule is CCc1cccnc1N1CC(C(=O)O)CC1=O. The predicted molar refractivity (Wildman–Crippen MR) is 61.7 cm³/mol. The van der Waals surface area contributed by atoms with Gasteiger partial charge < -0.3 is 5.11 Å². The van der Waals surface area contributed by atoms with E-state index in [1.807, 2.05) is 19.1 Å². The number of hydrogen-bond donors (Lipinski definition) is 1. The molecule has 0 bridgehead atoms. The van der Waals surface area contributed by atoms with E-state index in [2.05, 4.69) is 4.98 Å². The molecule has 1 aromatic rings. The van der Waals surface area contributed by atoms with Crippen LogP contribution in [0.15, 0.2) is 18.3 Å². The van der Waals surface area contributed by atoms with Crippen molar-refractivity contribution in [3.63, 3.8) is 0 Å². The highest BCUT2D eigenvalue weighted by molar-refractivity contribution is 5.98. The van der Waals surface area contributed by atoms with Gasteiger partial charge in [0.1, 0.15) is 5.82 Å². The normalized spacial score (nSPS) is 19.7. The molecule has 1 aromatic heterocycles. The van der Waals surface area contributed by atoms with Gasteiger partial charge in [0.15, 0.2) is 0 Å². The molecule has 1 saturated heterocycles. The molecule has 0 aliphatic carbocycles. The van der Waals surface area contributed by atoms with Crippen LogP contribution in [-0.2, 0) is 16.0 Å². The van der Waals surface area contributed by atoms with Gasteiger partial charge in [0, 0.05) is 19.2 Å². The summed E-state index contributed by atoms with van der Waals surface area (Å²) < 4.78 is 0. The van der Waals surface area contributed by atoms with Crippen molar-refractivity contribution >= 4 is 17.7 Å². The first-order valence-electron chi connectivity index (χ1n) is 5.60. The van der Waals surface area contributed by atoms with Crippen LogP contribution in [0.4, 0.5) is 5.82 Å². The topological polar surface area (TPSA) is 70.5 Å². The number of carbonyl (C=O) groups excluding carboxylic acids is 1. The lowest BCUT2D eigenvalue weighted by Gasteiger charge is -2.17. The summed E-state index contributed by atoms with van der Waals surface area (Å²) in [5, 5.41) is 8.92. The van der Waals surface area contributed by atoms with Gasteiger partial charge in [0.2, 0.25) is 5.91 Å². The molecule has 1 aliphatic heterocycles. The summed E-state index contributed by atoms with van der Waals surface area (Å²) in [6.45, 7) is 2.20. The Balaban J connectivity index is 2.29. The molecule has 90 valence electrons. The first-order valence-corrected chi connectivity index (χ1v) is 5.60. The van der Waals surface area contributed by atoms with E-state index < -0.39 is 11.9 Å². The Morgan fingerprint density at radius 3 is 3.00 bits per heavy atom. The van der Waals surface area contributed by atoms with Crippen LogP contribution in [0.2, 0.25) is 0 Å². The summed E-state index contributed by atoms with van der Waals surface area (Å²) in [7, 11) is 0.